The smallest absolute Gasteiger partial charge is 0.246 e. The Kier molecular flexibility index (Phi) is 7.03. The molecule has 0 aliphatic carbocycles. The van der Waals surface area contributed by atoms with Crippen molar-refractivity contribution in [3.05, 3.63) is 0 Å². The zero-order valence-corrected chi connectivity index (χ0v) is 13.4. The summed E-state index contributed by atoms with van der Waals surface area (Å²) in [7, 11) is 0. The molecule has 0 spiro atoms. The molecule has 20 heavy (non-hydrogen) atoms. The number of nitrogens with one attached hydrogen (secondary N) is 1. The van der Waals surface area contributed by atoms with E-state index in [2.05, 4.69) is 19.2 Å². The van der Waals surface area contributed by atoms with Gasteiger partial charge in [-0.2, -0.15) is 0 Å². The van der Waals surface area contributed by atoms with Crippen LogP contribution in [0.4, 0.5) is 0 Å². The van der Waals surface area contributed by atoms with Crippen LogP contribution < -0.4 is 5.32 Å². The highest BCUT2D eigenvalue weighted by Gasteiger charge is 2.40. The fourth-order valence-corrected chi connectivity index (χ4v) is 3.01. The summed E-state index contributed by atoms with van der Waals surface area (Å²) in [6.07, 6.45) is 6.81. The Morgan fingerprint density at radius 1 is 1.15 bits per heavy atom. The number of hydrogen-bond acceptors (Lipinski definition) is 2. The summed E-state index contributed by atoms with van der Waals surface area (Å²) in [6, 6.07) is -0.444. The summed E-state index contributed by atoms with van der Waals surface area (Å²) in [6.45, 7) is 8.28. The van der Waals surface area contributed by atoms with Crippen LogP contribution in [0.5, 0.6) is 0 Å². The van der Waals surface area contributed by atoms with E-state index in [0.29, 0.717) is 6.42 Å². The summed E-state index contributed by atoms with van der Waals surface area (Å²) in [5, 5.41) is 2.89. The molecular formula is C16H30N2O2. The van der Waals surface area contributed by atoms with Crippen LogP contribution in [0, 0.1) is 0 Å². The third kappa shape index (κ3) is 3.97. The first-order valence-electron chi connectivity index (χ1n) is 8.19. The van der Waals surface area contributed by atoms with Gasteiger partial charge in [0.2, 0.25) is 11.8 Å². The molecule has 1 rings (SSSR count). The van der Waals surface area contributed by atoms with Gasteiger partial charge < -0.3 is 10.2 Å². The van der Waals surface area contributed by atoms with E-state index in [9.17, 15) is 9.59 Å². The van der Waals surface area contributed by atoms with Crippen LogP contribution in [0.3, 0.4) is 0 Å². The number of rotatable bonds is 8. The second-order valence-corrected chi connectivity index (χ2v) is 5.86. The minimum Gasteiger partial charge on any atom is -0.343 e. The number of piperazine rings is 1. The largest absolute Gasteiger partial charge is 0.343 e. The Morgan fingerprint density at radius 2 is 1.85 bits per heavy atom. The fourth-order valence-electron chi connectivity index (χ4n) is 3.01. The molecule has 0 saturated carbocycles. The number of nitrogens with zero attached hydrogens (tertiary/aromatic N) is 1. The van der Waals surface area contributed by atoms with E-state index < -0.39 is 0 Å². The molecule has 2 amide bonds. The minimum atomic E-state index is -0.316. The highest BCUT2D eigenvalue weighted by Crippen LogP contribution is 2.21. The van der Waals surface area contributed by atoms with Gasteiger partial charge in [-0.1, -0.05) is 46.5 Å². The second-order valence-electron chi connectivity index (χ2n) is 5.86. The Bertz CT molecular complexity index is 330. The molecule has 0 aromatic heterocycles. The SMILES string of the molecule is CCCCCC(C)N1C(=O)C(CCC)NC(=O)C1CC. The molecule has 1 heterocycles. The lowest BCUT2D eigenvalue weighted by Crippen LogP contribution is -2.65. The van der Waals surface area contributed by atoms with Crippen molar-refractivity contribution >= 4 is 11.8 Å². The molecule has 0 radical (unpaired) electrons. The molecule has 3 atom stereocenters. The van der Waals surface area contributed by atoms with E-state index in [0.717, 1.165) is 25.7 Å². The zero-order chi connectivity index (χ0) is 15.1. The van der Waals surface area contributed by atoms with Crippen molar-refractivity contribution in [2.75, 3.05) is 0 Å². The fraction of sp³-hybridized carbons (Fsp3) is 0.875. The number of unbranched alkanes of at least 4 members (excludes halogenated alkanes) is 2. The lowest BCUT2D eigenvalue weighted by Gasteiger charge is -2.42. The van der Waals surface area contributed by atoms with Crippen molar-refractivity contribution in [3.8, 4) is 0 Å². The minimum absolute atomic E-state index is 0.0212. The molecule has 1 aliphatic heterocycles. The summed E-state index contributed by atoms with van der Waals surface area (Å²) in [4.78, 5) is 26.7. The van der Waals surface area contributed by atoms with Gasteiger partial charge in [0.05, 0.1) is 0 Å². The zero-order valence-electron chi connectivity index (χ0n) is 13.4. The maximum Gasteiger partial charge on any atom is 0.246 e. The molecule has 0 bridgehead atoms. The van der Waals surface area contributed by atoms with Gasteiger partial charge in [0.1, 0.15) is 12.1 Å². The quantitative estimate of drug-likeness (QED) is 0.696. The average molecular weight is 282 g/mol. The van der Waals surface area contributed by atoms with E-state index in [-0.39, 0.29) is 29.9 Å². The molecule has 0 aromatic carbocycles. The van der Waals surface area contributed by atoms with E-state index in [1.165, 1.54) is 12.8 Å². The lowest BCUT2D eigenvalue weighted by atomic mass is 9.98. The topological polar surface area (TPSA) is 49.4 Å². The highest BCUT2D eigenvalue weighted by atomic mass is 16.2. The molecule has 116 valence electrons. The van der Waals surface area contributed by atoms with Crippen LogP contribution in [-0.4, -0.2) is 34.8 Å². The maximum atomic E-state index is 12.6. The van der Waals surface area contributed by atoms with Crippen molar-refractivity contribution in [2.24, 2.45) is 0 Å². The number of hydrogen-bond donors (Lipinski definition) is 1. The van der Waals surface area contributed by atoms with Crippen LogP contribution in [0.25, 0.3) is 0 Å². The van der Waals surface area contributed by atoms with Gasteiger partial charge in [-0.25, -0.2) is 0 Å². The monoisotopic (exact) mass is 282 g/mol. The first-order valence-corrected chi connectivity index (χ1v) is 8.19. The number of carbonyl (C=O) groups excluding carboxylic acids is 2. The van der Waals surface area contributed by atoms with Crippen molar-refractivity contribution in [1.82, 2.24) is 10.2 Å². The van der Waals surface area contributed by atoms with Crippen LogP contribution in [0.1, 0.15) is 72.6 Å². The molecule has 4 heteroatoms. The Hall–Kier alpha value is -1.06. The summed E-state index contributed by atoms with van der Waals surface area (Å²) >= 11 is 0. The molecule has 1 aliphatic rings. The van der Waals surface area contributed by atoms with E-state index in [1.807, 2.05) is 18.7 Å². The standard InChI is InChI=1S/C16H30N2O2/c1-5-8-9-11-12(4)18-14(7-3)15(19)17-13(10-6-2)16(18)20/h12-14H,5-11H2,1-4H3,(H,17,19). The summed E-state index contributed by atoms with van der Waals surface area (Å²) < 4.78 is 0. The van der Waals surface area contributed by atoms with E-state index >= 15 is 0 Å². The molecule has 3 unspecified atom stereocenters. The first-order chi connectivity index (χ1) is 9.56. The third-order valence-electron chi connectivity index (χ3n) is 4.17. The Balaban J connectivity index is 2.79. The summed E-state index contributed by atoms with van der Waals surface area (Å²) in [5.74, 6) is 0.134. The van der Waals surface area contributed by atoms with Gasteiger partial charge >= 0.3 is 0 Å². The van der Waals surface area contributed by atoms with Gasteiger partial charge in [0.25, 0.3) is 0 Å². The second kappa shape index (κ2) is 8.28. The maximum absolute atomic E-state index is 12.6. The van der Waals surface area contributed by atoms with Crippen molar-refractivity contribution < 1.29 is 9.59 Å². The first kappa shape index (κ1) is 17.0. The van der Waals surface area contributed by atoms with Crippen LogP contribution in [0.15, 0.2) is 0 Å². The van der Waals surface area contributed by atoms with Crippen molar-refractivity contribution in [3.63, 3.8) is 0 Å². The number of carbonyl (C=O) groups is 2. The Morgan fingerprint density at radius 3 is 2.40 bits per heavy atom. The molecule has 0 aromatic rings. The third-order valence-corrected chi connectivity index (χ3v) is 4.17. The number of amides is 2. The van der Waals surface area contributed by atoms with E-state index in [4.69, 9.17) is 0 Å². The van der Waals surface area contributed by atoms with Crippen LogP contribution in [-0.2, 0) is 9.59 Å². The van der Waals surface area contributed by atoms with Gasteiger partial charge in [0.15, 0.2) is 0 Å². The van der Waals surface area contributed by atoms with Crippen LogP contribution >= 0.6 is 0 Å². The summed E-state index contributed by atoms with van der Waals surface area (Å²) in [5.41, 5.74) is 0. The lowest BCUT2D eigenvalue weighted by molar-refractivity contribution is -0.152. The highest BCUT2D eigenvalue weighted by molar-refractivity contribution is 5.97. The molecular weight excluding hydrogens is 252 g/mol. The van der Waals surface area contributed by atoms with Crippen LogP contribution in [0.2, 0.25) is 0 Å². The van der Waals surface area contributed by atoms with E-state index in [1.54, 1.807) is 0 Å². The average Bonchev–Trinajstić information content (AvgIpc) is 2.42. The van der Waals surface area contributed by atoms with Gasteiger partial charge in [-0.15, -0.1) is 0 Å². The normalized spacial score (nSPS) is 24.7. The molecule has 4 nitrogen and oxygen atoms in total. The molecule has 1 fully saturated rings. The predicted molar refractivity (Wildman–Crippen MR) is 81.4 cm³/mol. The van der Waals surface area contributed by atoms with Crippen molar-refractivity contribution in [2.45, 2.75) is 90.8 Å². The van der Waals surface area contributed by atoms with Gasteiger partial charge in [0, 0.05) is 6.04 Å². The van der Waals surface area contributed by atoms with Crippen molar-refractivity contribution in [1.29, 1.82) is 0 Å². The molecule has 1 saturated heterocycles. The predicted octanol–water partition coefficient (Wildman–Crippen LogP) is 2.86. The van der Waals surface area contributed by atoms with Gasteiger partial charge in [-0.3, -0.25) is 9.59 Å². The Labute approximate surface area is 123 Å². The van der Waals surface area contributed by atoms with Gasteiger partial charge in [-0.05, 0) is 26.2 Å². The molecule has 1 N–H and O–H groups in total.